The highest BCUT2D eigenvalue weighted by molar-refractivity contribution is 9.10. The number of halogens is 3. The van der Waals surface area contributed by atoms with Gasteiger partial charge in [-0.2, -0.15) is 8.78 Å². The van der Waals surface area contributed by atoms with Crippen LogP contribution in [0.3, 0.4) is 0 Å². The molecule has 0 fully saturated rings. The van der Waals surface area contributed by atoms with Crippen molar-refractivity contribution in [1.82, 2.24) is 0 Å². The van der Waals surface area contributed by atoms with Crippen LogP contribution in [0.25, 0.3) is 0 Å². The lowest BCUT2D eigenvalue weighted by atomic mass is 10.1. The minimum absolute atomic E-state index is 0.181. The van der Waals surface area contributed by atoms with Crippen LogP contribution < -0.4 is 5.73 Å². The summed E-state index contributed by atoms with van der Waals surface area (Å²) in [6.07, 6.45) is 0. The SMILES string of the molecule is NC(COC(F)F)c1ccc(Br)cc1. The predicted molar refractivity (Wildman–Crippen MR) is 53.0 cm³/mol. The number of benzene rings is 1. The van der Waals surface area contributed by atoms with E-state index in [0.717, 1.165) is 10.0 Å². The minimum Gasteiger partial charge on any atom is -0.322 e. The monoisotopic (exact) mass is 265 g/mol. The molecule has 0 aromatic heterocycles. The van der Waals surface area contributed by atoms with E-state index in [-0.39, 0.29) is 6.61 Å². The largest absolute Gasteiger partial charge is 0.345 e. The maximum atomic E-state index is 11.7. The van der Waals surface area contributed by atoms with E-state index in [9.17, 15) is 8.78 Å². The Morgan fingerprint density at radius 2 is 1.86 bits per heavy atom. The van der Waals surface area contributed by atoms with Crippen LogP contribution in [-0.4, -0.2) is 13.2 Å². The van der Waals surface area contributed by atoms with Gasteiger partial charge in [-0.15, -0.1) is 0 Å². The fourth-order valence-electron chi connectivity index (χ4n) is 0.983. The average molecular weight is 266 g/mol. The summed E-state index contributed by atoms with van der Waals surface area (Å²) in [6, 6.07) is 6.62. The van der Waals surface area contributed by atoms with Crippen LogP contribution in [0.5, 0.6) is 0 Å². The molecule has 0 saturated carbocycles. The third-order valence-electron chi connectivity index (χ3n) is 1.70. The summed E-state index contributed by atoms with van der Waals surface area (Å²) in [5.74, 6) is 0. The lowest BCUT2D eigenvalue weighted by molar-refractivity contribution is -0.132. The van der Waals surface area contributed by atoms with Crippen LogP contribution in [0.15, 0.2) is 28.7 Å². The van der Waals surface area contributed by atoms with E-state index in [1.54, 1.807) is 24.3 Å². The van der Waals surface area contributed by atoms with Gasteiger partial charge in [0.15, 0.2) is 0 Å². The van der Waals surface area contributed by atoms with Crippen LogP contribution in [0.1, 0.15) is 11.6 Å². The van der Waals surface area contributed by atoms with Crippen LogP contribution in [0, 0.1) is 0 Å². The lowest BCUT2D eigenvalue weighted by Crippen LogP contribution is -2.18. The van der Waals surface area contributed by atoms with E-state index >= 15 is 0 Å². The minimum atomic E-state index is -2.77. The fraction of sp³-hybridized carbons (Fsp3) is 0.333. The number of hydrogen-bond acceptors (Lipinski definition) is 2. The van der Waals surface area contributed by atoms with E-state index in [0.29, 0.717) is 0 Å². The van der Waals surface area contributed by atoms with Crippen molar-refractivity contribution >= 4 is 15.9 Å². The van der Waals surface area contributed by atoms with E-state index in [2.05, 4.69) is 20.7 Å². The Morgan fingerprint density at radius 3 is 2.36 bits per heavy atom. The number of ether oxygens (including phenoxy) is 1. The van der Waals surface area contributed by atoms with Gasteiger partial charge in [0, 0.05) is 4.47 Å². The van der Waals surface area contributed by atoms with Gasteiger partial charge in [-0.05, 0) is 17.7 Å². The van der Waals surface area contributed by atoms with Crippen molar-refractivity contribution < 1.29 is 13.5 Å². The highest BCUT2D eigenvalue weighted by Gasteiger charge is 2.09. The van der Waals surface area contributed by atoms with Gasteiger partial charge in [0.1, 0.15) is 0 Å². The van der Waals surface area contributed by atoms with Crippen molar-refractivity contribution in [2.75, 3.05) is 6.61 Å². The molecule has 0 aliphatic carbocycles. The molecule has 2 N–H and O–H groups in total. The average Bonchev–Trinajstić information content (AvgIpc) is 2.15. The molecule has 1 aromatic carbocycles. The summed E-state index contributed by atoms with van der Waals surface area (Å²) in [5.41, 5.74) is 6.39. The normalized spacial score (nSPS) is 13.2. The summed E-state index contributed by atoms with van der Waals surface area (Å²) in [4.78, 5) is 0. The molecule has 78 valence electrons. The molecule has 0 saturated heterocycles. The van der Waals surface area contributed by atoms with E-state index < -0.39 is 12.7 Å². The van der Waals surface area contributed by atoms with Gasteiger partial charge in [0.2, 0.25) is 0 Å². The number of hydrogen-bond donors (Lipinski definition) is 1. The molecular weight excluding hydrogens is 256 g/mol. The quantitative estimate of drug-likeness (QED) is 0.909. The van der Waals surface area contributed by atoms with Crippen LogP contribution in [-0.2, 0) is 4.74 Å². The van der Waals surface area contributed by atoms with Crippen LogP contribution in [0.2, 0.25) is 0 Å². The van der Waals surface area contributed by atoms with E-state index in [4.69, 9.17) is 5.73 Å². The number of alkyl halides is 2. The zero-order chi connectivity index (χ0) is 10.6. The predicted octanol–water partition coefficient (Wildman–Crippen LogP) is 2.69. The maximum Gasteiger partial charge on any atom is 0.345 e. The molecule has 5 heteroatoms. The molecule has 0 spiro atoms. The van der Waals surface area contributed by atoms with E-state index in [1.807, 2.05) is 0 Å². The summed E-state index contributed by atoms with van der Waals surface area (Å²) in [7, 11) is 0. The summed E-state index contributed by atoms with van der Waals surface area (Å²) < 4.78 is 28.4. The first-order chi connectivity index (χ1) is 6.59. The second-order valence-electron chi connectivity index (χ2n) is 2.75. The Kier molecular flexibility index (Phi) is 4.44. The summed E-state index contributed by atoms with van der Waals surface area (Å²) in [6.45, 7) is -2.95. The van der Waals surface area contributed by atoms with Crippen molar-refractivity contribution in [2.45, 2.75) is 12.7 Å². The van der Waals surface area contributed by atoms with Gasteiger partial charge in [0.05, 0.1) is 12.6 Å². The van der Waals surface area contributed by atoms with Crippen LogP contribution >= 0.6 is 15.9 Å². The molecule has 0 aliphatic rings. The van der Waals surface area contributed by atoms with Crippen molar-refractivity contribution in [3.8, 4) is 0 Å². The van der Waals surface area contributed by atoms with Crippen LogP contribution in [0.4, 0.5) is 8.78 Å². The molecule has 0 amide bonds. The fourth-order valence-corrected chi connectivity index (χ4v) is 1.25. The molecule has 1 aromatic rings. The van der Waals surface area contributed by atoms with Gasteiger partial charge in [0.25, 0.3) is 0 Å². The molecular formula is C9H10BrF2NO. The molecule has 1 rings (SSSR count). The van der Waals surface area contributed by atoms with E-state index in [1.165, 1.54) is 0 Å². The molecule has 1 unspecified atom stereocenters. The summed E-state index contributed by atoms with van der Waals surface area (Å²) >= 11 is 3.26. The first kappa shape index (κ1) is 11.6. The molecule has 2 nitrogen and oxygen atoms in total. The lowest BCUT2D eigenvalue weighted by Gasteiger charge is -2.11. The highest BCUT2D eigenvalue weighted by Crippen LogP contribution is 2.16. The van der Waals surface area contributed by atoms with Crippen molar-refractivity contribution in [3.63, 3.8) is 0 Å². The van der Waals surface area contributed by atoms with Crippen molar-refractivity contribution in [3.05, 3.63) is 34.3 Å². The van der Waals surface area contributed by atoms with Gasteiger partial charge in [-0.1, -0.05) is 28.1 Å². The first-order valence-electron chi connectivity index (χ1n) is 4.00. The zero-order valence-corrected chi connectivity index (χ0v) is 8.88. The Labute approximate surface area is 89.2 Å². The second-order valence-corrected chi connectivity index (χ2v) is 3.67. The molecule has 0 aliphatic heterocycles. The summed E-state index contributed by atoms with van der Waals surface area (Å²) in [5, 5.41) is 0. The Hall–Kier alpha value is -0.520. The molecule has 0 heterocycles. The standard InChI is InChI=1S/C9H10BrF2NO/c10-7-3-1-6(2-4-7)8(13)5-14-9(11)12/h1-4,8-9H,5,13H2. The Bertz CT molecular complexity index is 279. The third-order valence-corrected chi connectivity index (χ3v) is 2.23. The molecule has 0 bridgehead atoms. The smallest absolute Gasteiger partial charge is 0.322 e. The Balaban J connectivity index is 2.52. The maximum absolute atomic E-state index is 11.7. The van der Waals surface area contributed by atoms with Gasteiger partial charge in [-0.3, -0.25) is 0 Å². The second kappa shape index (κ2) is 5.38. The third kappa shape index (κ3) is 3.69. The molecule has 0 radical (unpaired) electrons. The first-order valence-corrected chi connectivity index (χ1v) is 4.79. The zero-order valence-electron chi connectivity index (χ0n) is 7.29. The van der Waals surface area contributed by atoms with Gasteiger partial charge < -0.3 is 10.5 Å². The Morgan fingerprint density at radius 1 is 1.29 bits per heavy atom. The topological polar surface area (TPSA) is 35.2 Å². The number of nitrogens with two attached hydrogens (primary N) is 1. The van der Waals surface area contributed by atoms with Gasteiger partial charge in [-0.25, -0.2) is 0 Å². The molecule has 1 atom stereocenters. The van der Waals surface area contributed by atoms with Crippen molar-refractivity contribution in [2.24, 2.45) is 5.73 Å². The molecule has 14 heavy (non-hydrogen) atoms. The van der Waals surface area contributed by atoms with Crippen molar-refractivity contribution in [1.29, 1.82) is 0 Å². The van der Waals surface area contributed by atoms with Gasteiger partial charge >= 0.3 is 6.61 Å². The number of rotatable bonds is 4. The highest BCUT2D eigenvalue weighted by atomic mass is 79.9.